The van der Waals surface area contributed by atoms with E-state index in [-0.39, 0.29) is 25.7 Å². The van der Waals surface area contributed by atoms with Crippen molar-refractivity contribution in [3.63, 3.8) is 0 Å². The van der Waals surface area contributed by atoms with E-state index in [1.54, 1.807) is 0 Å². The summed E-state index contributed by atoms with van der Waals surface area (Å²) >= 11 is 0. The summed E-state index contributed by atoms with van der Waals surface area (Å²) in [6.07, 6.45) is 73.4. The Balaban J connectivity index is 5.26. The van der Waals surface area contributed by atoms with Crippen molar-refractivity contribution in [1.82, 2.24) is 0 Å². The molecule has 0 saturated carbocycles. The largest absolute Gasteiger partial charge is 0.472 e. The molecule has 3 N–H and O–H groups in total. The second kappa shape index (κ2) is 79.7. The van der Waals surface area contributed by atoms with Crippen molar-refractivity contribution < 1.29 is 80.2 Å². The predicted molar refractivity (Wildman–Crippen MR) is 437 cm³/mol. The lowest BCUT2D eigenvalue weighted by atomic mass is 10.0. The van der Waals surface area contributed by atoms with Crippen LogP contribution in [0.25, 0.3) is 0 Å². The summed E-state index contributed by atoms with van der Waals surface area (Å²) in [5.41, 5.74) is 0. The molecule has 5 atom stereocenters. The number of ether oxygens (including phenoxy) is 4. The molecule has 0 amide bonds. The van der Waals surface area contributed by atoms with Crippen molar-refractivity contribution in [2.45, 2.75) is 490 Å². The Kier molecular flexibility index (Phi) is 78.2. The quantitative estimate of drug-likeness (QED) is 0.0222. The van der Waals surface area contributed by atoms with Gasteiger partial charge in [0, 0.05) is 25.7 Å². The number of phosphoric ester groups is 2. The third kappa shape index (κ3) is 80.1. The number of carbonyl (C=O) groups is 4. The molecule has 630 valence electrons. The first-order valence-electron chi connectivity index (χ1n) is 45.1. The van der Waals surface area contributed by atoms with Gasteiger partial charge in [0.05, 0.1) is 26.4 Å². The molecule has 0 rings (SSSR count). The second-order valence-corrected chi connectivity index (χ2v) is 34.7. The number of esters is 4. The van der Waals surface area contributed by atoms with Crippen LogP contribution in [0, 0.1) is 5.92 Å². The van der Waals surface area contributed by atoms with E-state index >= 15 is 0 Å². The highest BCUT2D eigenvalue weighted by molar-refractivity contribution is 7.47. The minimum absolute atomic E-state index is 0.109. The zero-order valence-electron chi connectivity index (χ0n) is 69.6. The van der Waals surface area contributed by atoms with Gasteiger partial charge in [0.25, 0.3) is 0 Å². The lowest BCUT2D eigenvalue weighted by Crippen LogP contribution is -2.30. The highest BCUT2D eigenvalue weighted by Crippen LogP contribution is 2.45. The SMILES string of the molecule is CCCCCCCCCCCCCCCCCCCCCC(=O)O[C@H](COC(=O)CCCCCCCCCCCCCCCCC(C)C)COP(=O)(O)OC[C@@H](O)COP(=O)(O)OC[C@@H](COC(=O)CCCCCCCCCCCCCCC)OC(=O)CCCCCCCCCCCCCCCCCCC. The minimum atomic E-state index is -4.97. The van der Waals surface area contributed by atoms with Crippen LogP contribution in [0.15, 0.2) is 0 Å². The Morgan fingerprint density at radius 2 is 0.434 bits per heavy atom. The molecule has 0 aliphatic heterocycles. The lowest BCUT2D eigenvalue weighted by molar-refractivity contribution is -0.161. The Labute approximate surface area is 651 Å². The molecule has 0 heterocycles. The number of hydrogen-bond acceptors (Lipinski definition) is 15. The molecular formula is C87H170O17P2. The normalized spacial score (nSPS) is 13.7. The average molecular weight is 1550 g/mol. The van der Waals surface area contributed by atoms with Gasteiger partial charge >= 0.3 is 39.5 Å². The minimum Gasteiger partial charge on any atom is -0.462 e. The van der Waals surface area contributed by atoms with E-state index in [4.69, 9.17) is 37.0 Å². The molecule has 0 aromatic rings. The van der Waals surface area contributed by atoms with E-state index in [2.05, 4.69) is 34.6 Å². The number of aliphatic hydroxyl groups is 1. The molecular weight excluding hydrogens is 1380 g/mol. The number of carbonyl (C=O) groups excluding carboxylic acids is 4. The molecule has 17 nitrogen and oxygen atoms in total. The van der Waals surface area contributed by atoms with Crippen molar-refractivity contribution in [3.8, 4) is 0 Å². The van der Waals surface area contributed by atoms with Crippen LogP contribution in [0.1, 0.15) is 471 Å². The highest BCUT2D eigenvalue weighted by atomic mass is 31.2. The molecule has 0 fully saturated rings. The predicted octanol–water partition coefficient (Wildman–Crippen LogP) is 26.8. The van der Waals surface area contributed by atoms with Crippen molar-refractivity contribution in [2.24, 2.45) is 5.92 Å². The zero-order chi connectivity index (χ0) is 77.6. The van der Waals surface area contributed by atoms with Crippen molar-refractivity contribution in [1.29, 1.82) is 0 Å². The Morgan fingerprint density at radius 1 is 0.255 bits per heavy atom. The fourth-order valence-electron chi connectivity index (χ4n) is 13.6. The Hall–Kier alpha value is -1.94. The van der Waals surface area contributed by atoms with Crippen LogP contribution in [-0.2, 0) is 65.4 Å². The third-order valence-electron chi connectivity index (χ3n) is 20.5. The van der Waals surface area contributed by atoms with Crippen LogP contribution >= 0.6 is 15.6 Å². The van der Waals surface area contributed by atoms with Crippen LogP contribution in [0.2, 0.25) is 0 Å². The van der Waals surface area contributed by atoms with Crippen LogP contribution in [0.5, 0.6) is 0 Å². The van der Waals surface area contributed by atoms with E-state index in [1.165, 1.54) is 295 Å². The monoisotopic (exact) mass is 1550 g/mol. The molecule has 0 spiro atoms. The van der Waals surface area contributed by atoms with E-state index in [0.717, 1.165) is 95.8 Å². The molecule has 0 aromatic heterocycles. The summed E-state index contributed by atoms with van der Waals surface area (Å²) in [4.78, 5) is 73.3. The van der Waals surface area contributed by atoms with Gasteiger partial charge < -0.3 is 33.8 Å². The molecule has 0 aliphatic carbocycles. The zero-order valence-corrected chi connectivity index (χ0v) is 71.4. The Bertz CT molecular complexity index is 2010. The fourth-order valence-corrected chi connectivity index (χ4v) is 15.2. The number of rotatable bonds is 87. The summed E-state index contributed by atoms with van der Waals surface area (Å²) in [5, 5.41) is 10.7. The van der Waals surface area contributed by atoms with Gasteiger partial charge in [-0.05, 0) is 31.6 Å². The van der Waals surface area contributed by atoms with E-state index in [0.29, 0.717) is 25.7 Å². The van der Waals surface area contributed by atoms with Gasteiger partial charge in [-0.2, -0.15) is 0 Å². The molecule has 0 radical (unpaired) electrons. The first kappa shape index (κ1) is 104. The van der Waals surface area contributed by atoms with Gasteiger partial charge in [-0.1, -0.05) is 420 Å². The van der Waals surface area contributed by atoms with Crippen LogP contribution in [-0.4, -0.2) is 96.7 Å². The number of hydrogen-bond donors (Lipinski definition) is 3. The summed E-state index contributed by atoms with van der Waals surface area (Å²) in [6, 6.07) is 0. The van der Waals surface area contributed by atoms with Gasteiger partial charge in [0.1, 0.15) is 19.3 Å². The number of phosphoric acid groups is 2. The number of aliphatic hydroxyl groups excluding tert-OH is 1. The standard InChI is InChI=1S/C87H170O17P2/c1-6-9-12-15-18-21-24-27-29-31-32-34-36-43-48-53-58-63-68-73-87(92)104-83(77-98-85(90)71-66-61-56-51-46-41-38-37-40-44-49-54-59-64-69-80(4)5)79-102-106(95,96)100-75-81(88)74-99-105(93,94)101-78-82(76-97-84(89)70-65-60-55-50-45-39-26-23-20-17-14-11-8-3)103-86(91)72-67-62-57-52-47-42-35-33-30-28-25-22-19-16-13-10-7-2/h80-83,88H,6-79H2,1-5H3,(H,93,94)(H,95,96)/t81-,82+,83+/m0/s1. The molecule has 0 bridgehead atoms. The van der Waals surface area contributed by atoms with Gasteiger partial charge in [-0.15, -0.1) is 0 Å². The van der Waals surface area contributed by atoms with Crippen molar-refractivity contribution in [3.05, 3.63) is 0 Å². The summed E-state index contributed by atoms with van der Waals surface area (Å²) in [5.74, 6) is -1.30. The molecule has 106 heavy (non-hydrogen) atoms. The topological polar surface area (TPSA) is 237 Å². The van der Waals surface area contributed by atoms with Gasteiger partial charge in [0.2, 0.25) is 0 Å². The first-order valence-corrected chi connectivity index (χ1v) is 48.1. The molecule has 0 saturated heterocycles. The van der Waals surface area contributed by atoms with Gasteiger partial charge in [-0.3, -0.25) is 37.3 Å². The second-order valence-electron chi connectivity index (χ2n) is 31.8. The smallest absolute Gasteiger partial charge is 0.462 e. The van der Waals surface area contributed by atoms with Crippen molar-refractivity contribution >= 4 is 39.5 Å². The van der Waals surface area contributed by atoms with E-state index in [9.17, 15) is 43.2 Å². The van der Waals surface area contributed by atoms with Gasteiger partial charge in [-0.25, -0.2) is 9.13 Å². The molecule has 19 heteroatoms. The third-order valence-corrected chi connectivity index (χ3v) is 22.4. The average Bonchev–Trinajstić information content (AvgIpc) is 0.903. The maximum absolute atomic E-state index is 13.2. The number of unbranched alkanes of at least 4 members (excludes halogenated alkanes) is 59. The lowest BCUT2D eigenvalue weighted by Gasteiger charge is -2.21. The fraction of sp³-hybridized carbons (Fsp3) is 0.954. The van der Waals surface area contributed by atoms with E-state index in [1.807, 2.05) is 0 Å². The van der Waals surface area contributed by atoms with Gasteiger partial charge in [0.15, 0.2) is 12.2 Å². The van der Waals surface area contributed by atoms with E-state index < -0.39 is 97.5 Å². The van der Waals surface area contributed by atoms with Crippen molar-refractivity contribution in [2.75, 3.05) is 39.6 Å². The summed E-state index contributed by atoms with van der Waals surface area (Å²) < 4.78 is 69.0. The molecule has 2 unspecified atom stereocenters. The summed E-state index contributed by atoms with van der Waals surface area (Å²) in [6.45, 7) is 7.41. The van der Waals surface area contributed by atoms with Crippen LogP contribution in [0.4, 0.5) is 0 Å². The Morgan fingerprint density at radius 3 is 0.642 bits per heavy atom. The van der Waals surface area contributed by atoms with Crippen LogP contribution < -0.4 is 0 Å². The van der Waals surface area contributed by atoms with Crippen LogP contribution in [0.3, 0.4) is 0 Å². The first-order chi connectivity index (χ1) is 51.5. The maximum atomic E-state index is 13.2. The highest BCUT2D eigenvalue weighted by Gasteiger charge is 2.30. The maximum Gasteiger partial charge on any atom is 0.472 e. The molecule has 0 aromatic carbocycles. The summed E-state index contributed by atoms with van der Waals surface area (Å²) in [7, 11) is -9.93. The molecule has 0 aliphatic rings.